The molecule has 14 rings (SSSR count). The first-order valence-electron chi connectivity index (χ1n) is 23.1. The molecule has 0 saturated carbocycles. The number of rotatable bonds is 5. The molecule has 0 radical (unpaired) electrons. The molecular weight excluding hydrogens is 825 g/mol. The normalized spacial score (nSPS) is 11.8. The summed E-state index contributed by atoms with van der Waals surface area (Å²) < 4.78 is 0. The molecule has 0 N–H and O–H groups in total. The molecule has 10 aromatic carbocycles. The minimum absolute atomic E-state index is 0.909. The first-order chi connectivity index (χ1) is 33.7. The standard InChI is InChI=1S/C64H38N4/c1-2-13-39(14-3-1)59-46-16-4-6-18-48(46)60(49-19-7-5-17-47(49)59)56-34-29-44-37-42(27-31-54(44)66-56)43-28-32-55-45(38-43)30-35-57(67-55)61-50-20-8-10-22-52(50)62(53-23-11-9-21-51(53)61)58-33-26-41-25-24-40-15-12-36-65-63(40)64(41)68-58/h1-38H. The predicted octanol–water partition coefficient (Wildman–Crippen LogP) is 16.8. The third kappa shape index (κ3) is 6.01. The summed E-state index contributed by atoms with van der Waals surface area (Å²) in [6.07, 6.45) is 1.85. The van der Waals surface area contributed by atoms with Gasteiger partial charge in [-0.3, -0.25) is 4.98 Å². The second-order valence-electron chi connectivity index (χ2n) is 17.7. The van der Waals surface area contributed by atoms with Crippen LogP contribution in [0.5, 0.6) is 0 Å². The molecule has 0 aliphatic rings. The van der Waals surface area contributed by atoms with E-state index >= 15 is 0 Å². The van der Waals surface area contributed by atoms with Crippen molar-refractivity contribution in [2.75, 3.05) is 0 Å². The highest BCUT2D eigenvalue weighted by atomic mass is 14.8. The third-order valence-electron chi connectivity index (χ3n) is 13.8. The largest absolute Gasteiger partial charge is 0.254 e. The van der Waals surface area contributed by atoms with Crippen LogP contribution in [0.15, 0.2) is 231 Å². The fraction of sp³-hybridized carbons (Fsp3) is 0. The maximum absolute atomic E-state index is 5.38. The highest BCUT2D eigenvalue weighted by Gasteiger charge is 2.20. The maximum Gasteiger partial charge on any atom is 0.0972 e. The number of hydrogen-bond donors (Lipinski definition) is 0. The zero-order chi connectivity index (χ0) is 44.7. The molecule has 314 valence electrons. The summed E-state index contributed by atoms with van der Waals surface area (Å²) in [7, 11) is 0. The lowest BCUT2D eigenvalue weighted by Crippen LogP contribution is -1.95. The van der Waals surface area contributed by atoms with Crippen LogP contribution in [-0.2, 0) is 0 Å². The molecule has 0 aliphatic heterocycles. The quantitative estimate of drug-likeness (QED) is 0.128. The Morgan fingerprint density at radius 1 is 0.235 bits per heavy atom. The van der Waals surface area contributed by atoms with E-state index in [2.05, 4.69) is 218 Å². The van der Waals surface area contributed by atoms with Crippen LogP contribution in [0.25, 0.3) is 143 Å². The topological polar surface area (TPSA) is 51.6 Å². The molecule has 0 unspecified atom stereocenters. The van der Waals surface area contributed by atoms with Crippen LogP contribution in [0.2, 0.25) is 0 Å². The number of benzene rings is 10. The second kappa shape index (κ2) is 15.2. The zero-order valence-electron chi connectivity index (χ0n) is 36.7. The van der Waals surface area contributed by atoms with E-state index in [4.69, 9.17) is 19.9 Å². The molecule has 68 heavy (non-hydrogen) atoms. The average molecular weight is 863 g/mol. The Bertz CT molecular complexity index is 4270. The van der Waals surface area contributed by atoms with E-state index in [0.29, 0.717) is 0 Å². The lowest BCUT2D eigenvalue weighted by molar-refractivity contribution is 1.38. The van der Waals surface area contributed by atoms with Gasteiger partial charge in [0, 0.05) is 44.4 Å². The molecular formula is C64H38N4. The first-order valence-corrected chi connectivity index (χ1v) is 23.1. The van der Waals surface area contributed by atoms with Crippen molar-refractivity contribution in [2.24, 2.45) is 0 Å². The van der Waals surface area contributed by atoms with Crippen LogP contribution in [0.1, 0.15) is 0 Å². The highest BCUT2D eigenvalue weighted by Crippen LogP contribution is 2.45. The van der Waals surface area contributed by atoms with Crippen molar-refractivity contribution in [1.82, 2.24) is 19.9 Å². The van der Waals surface area contributed by atoms with Gasteiger partial charge in [-0.1, -0.05) is 176 Å². The summed E-state index contributed by atoms with van der Waals surface area (Å²) in [5, 5.41) is 13.7. The number of fused-ring (bicyclic) bond motifs is 9. The Hall–Kier alpha value is -9.12. The minimum Gasteiger partial charge on any atom is -0.254 e. The van der Waals surface area contributed by atoms with Crippen LogP contribution < -0.4 is 0 Å². The summed E-state index contributed by atoms with van der Waals surface area (Å²) in [5.41, 5.74) is 14.7. The van der Waals surface area contributed by atoms with Crippen LogP contribution in [0.4, 0.5) is 0 Å². The van der Waals surface area contributed by atoms with Crippen molar-refractivity contribution in [3.63, 3.8) is 0 Å². The van der Waals surface area contributed by atoms with Gasteiger partial charge in [-0.05, 0) is 114 Å². The third-order valence-corrected chi connectivity index (χ3v) is 13.8. The Balaban J connectivity index is 0.845. The number of nitrogens with zero attached hydrogens (tertiary/aromatic N) is 4. The maximum atomic E-state index is 5.38. The minimum atomic E-state index is 0.909. The van der Waals surface area contributed by atoms with Gasteiger partial charge in [0.1, 0.15) is 0 Å². The molecule has 14 aromatic rings. The monoisotopic (exact) mass is 862 g/mol. The van der Waals surface area contributed by atoms with Crippen LogP contribution in [-0.4, -0.2) is 19.9 Å². The molecule has 0 atom stereocenters. The summed E-state index contributed by atoms with van der Waals surface area (Å²) in [5.74, 6) is 0. The van der Waals surface area contributed by atoms with Crippen molar-refractivity contribution in [3.05, 3.63) is 231 Å². The SMILES string of the molecule is c1ccc(-c2c3ccccc3c(-c3ccc4cc(-c5ccc6nc(-c7c8ccccc8c(-c8ccc9ccc%10cccnc%10c9n8)c8ccccc78)ccc6c5)ccc4n3)c3ccccc23)cc1. The molecule has 0 saturated heterocycles. The molecule has 4 heteroatoms. The summed E-state index contributed by atoms with van der Waals surface area (Å²) >= 11 is 0. The molecule has 0 amide bonds. The van der Waals surface area contributed by atoms with Crippen molar-refractivity contribution in [1.29, 1.82) is 0 Å². The number of hydrogen-bond acceptors (Lipinski definition) is 4. The van der Waals surface area contributed by atoms with Gasteiger partial charge in [-0.25, -0.2) is 15.0 Å². The summed E-state index contributed by atoms with van der Waals surface area (Å²) in [6, 6.07) is 80.2. The molecule has 4 nitrogen and oxygen atoms in total. The van der Waals surface area contributed by atoms with Gasteiger partial charge in [0.15, 0.2) is 0 Å². The second-order valence-corrected chi connectivity index (χ2v) is 17.7. The lowest BCUT2D eigenvalue weighted by atomic mass is 9.87. The Morgan fingerprint density at radius 2 is 0.618 bits per heavy atom. The number of aromatic nitrogens is 4. The van der Waals surface area contributed by atoms with E-state index in [-0.39, 0.29) is 0 Å². The Labute approximate surface area is 391 Å². The van der Waals surface area contributed by atoms with Gasteiger partial charge in [0.25, 0.3) is 0 Å². The predicted molar refractivity (Wildman–Crippen MR) is 285 cm³/mol. The highest BCUT2D eigenvalue weighted by molar-refractivity contribution is 6.23. The van der Waals surface area contributed by atoms with Crippen LogP contribution >= 0.6 is 0 Å². The van der Waals surface area contributed by atoms with Crippen molar-refractivity contribution >= 4 is 86.7 Å². The van der Waals surface area contributed by atoms with E-state index in [9.17, 15) is 0 Å². The molecule has 4 aromatic heterocycles. The van der Waals surface area contributed by atoms with E-state index in [1.807, 2.05) is 12.3 Å². The van der Waals surface area contributed by atoms with Gasteiger partial charge < -0.3 is 0 Å². The van der Waals surface area contributed by atoms with Crippen molar-refractivity contribution in [2.45, 2.75) is 0 Å². The first kappa shape index (κ1) is 38.2. The van der Waals surface area contributed by atoms with Gasteiger partial charge in [-0.2, -0.15) is 0 Å². The smallest absolute Gasteiger partial charge is 0.0972 e. The fourth-order valence-electron chi connectivity index (χ4n) is 10.8. The van der Waals surface area contributed by atoms with E-state index in [1.165, 1.54) is 32.7 Å². The number of pyridine rings is 4. The summed E-state index contributed by atoms with van der Waals surface area (Å²) in [4.78, 5) is 20.8. The van der Waals surface area contributed by atoms with Crippen molar-refractivity contribution < 1.29 is 0 Å². The Kier molecular flexibility index (Phi) is 8.55. The zero-order valence-corrected chi connectivity index (χ0v) is 36.7. The van der Waals surface area contributed by atoms with Gasteiger partial charge >= 0.3 is 0 Å². The summed E-state index contributed by atoms with van der Waals surface area (Å²) in [6.45, 7) is 0. The molecule has 0 spiro atoms. The Morgan fingerprint density at radius 3 is 1.09 bits per heavy atom. The van der Waals surface area contributed by atoms with Gasteiger partial charge in [0.2, 0.25) is 0 Å². The van der Waals surface area contributed by atoms with E-state index in [0.717, 1.165) is 110 Å². The van der Waals surface area contributed by atoms with E-state index < -0.39 is 0 Å². The lowest BCUT2D eigenvalue weighted by Gasteiger charge is -2.17. The van der Waals surface area contributed by atoms with Crippen LogP contribution in [0.3, 0.4) is 0 Å². The van der Waals surface area contributed by atoms with Gasteiger partial charge in [-0.15, -0.1) is 0 Å². The molecule has 0 bridgehead atoms. The molecule has 0 fully saturated rings. The molecule has 4 heterocycles. The average Bonchev–Trinajstić information content (AvgIpc) is 3.41. The van der Waals surface area contributed by atoms with Crippen LogP contribution in [0, 0.1) is 0 Å². The van der Waals surface area contributed by atoms with Crippen molar-refractivity contribution in [3.8, 4) is 56.0 Å². The van der Waals surface area contributed by atoms with Gasteiger partial charge in [0.05, 0.1) is 39.1 Å². The molecule has 0 aliphatic carbocycles. The fourth-order valence-corrected chi connectivity index (χ4v) is 10.8. The van der Waals surface area contributed by atoms with E-state index in [1.54, 1.807) is 0 Å².